The van der Waals surface area contributed by atoms with Crippen LogP contribution < -0.4 is 10.1 Å². The summed E-state index contributed by atoms with van der Waals surface area (Å²) >= 11 is 0. The lowest BCUT2D eigenvalue weighted by atomic mass is 9.33. The second-order valence-corrected chi connectivity index (χ2v) is 23.6. The molecule has 0 spiro atoms. The molecule has 328 valence electrons. The number of aromatic nitrogens is 1. The van der Waals surface area contributed by atoms with Crippen molar-refractivity contribution in [3.8, 4) is 5.88 Å². The van der Waals surface area contributed by atoms with E-state index in [0.29, 0.717) is 56.0 Å². The zero-order valence-electron chi connectivity index (χ0n) is 36.1. The van der Waals surface area contributed by atoms with Crippen molar-refractivity contribution in [2.24, 2.45) is 50.7 Å². The molecule has 59 heavy (non-hydrogen) atoms. The third-order valence-electron chi connectivity index (χ3n) is 18.6. The Morgan fingerprint density at radius 2 is 1.69 bits per heavy atom. The van der Waals surface area contributed by atoms with Gasteiger partial charge in [0.05, 0.1) is 23.5 Å². The van der Waals surface area contributed by atoms with Crippen LogP contribution in [0.1, 0.15) is 130 Å². The van der Waals surface area contributed by atoms with Crippen molar-refractivity contribution in [2.45, 2.75) is 136 Å². The van der Waals surface area contributed by atoms with Gasteiger partial charge in [-0.1, -0.05) is 53.2 Å². The van der Waals surface area contributed by atoms with Crippen molar-refractivity contribution >= 4 is 15.8 Å². The van der Waals surface area contributed by atoms with Crippen molar-refractivity contribution in [3.63, 3.8) is 0 Å². The highest BCUT2D eigenvalue weighted by Crippen LogP contribution is 2.76. The fourth-order valence-electron chi connectivity index (χ4n) is 15.2. The molecule has 8 nitrogen and oxygen atoms in total. The van der Waals surface area contributed by atoms with Crippen molar-refractivity contribution < 1.29 is 36.2 Å². The minimum absolute atomic E-state index is 0.0765. The van der Waals surface area contributed by atoms with E-state index >= 15 is 0 Å². The van der Waals surface area contributed by atoms with Gasteiger partial charge in [-0.2, -0.15) is 13.2 Å². The van der Waals surface area contributed by atoms with Crippen LogP contribution in [0.2, 0.25) is 0 Å². The zero-order valence-corrected chi connectivity index (χ0v) is 36.9. The largest absolute Gasteiger partial charge is 0.481 e. The van der Waals surface area contributed by atoms with Crippen LogP contribution in [0.15, 0.2) is 41.6 Å². The summed E-state index contributed by atoms with van der Waals surface area (Å²) in [4.78, 5) is 18.9. The van der Waals surface area contributed by atoms with Crippen molar-refractivity contribution in [1.29, 1.82) is 0 Å². The maximum absolute atomic E-state index is 13.5. The summed E-state index contributed by atoms with van der Waals surface area (Å²) in [6.45, 7) is 15.8. The Bertz CT molecular complexity index is 1950. The van der Waals surface area contributed by atoms with Gasteiger partial charge in [-0.15, -0.1) is 0 Å². The van der Waals surface area contributed by atoms with Crippen LogP contribution in [0.25, 0.3) is 0 Å². The number of rotatable bonds is 10. The van der Waals surface area contributed by atoms with Crippen LogP contribution >= 0.6 is 0 Å². The molecule has 5 fully saturated rings. The number of aliphatic carboxylic acids is 1. The number of sulfone groups is 1. The van der Waals surface area contributed by atoms with Gasteiger partial charge in [0.2, 0.25) is 5.88 Å². The molecule has 8 rings (SSSR count). The van der Waals surface area contributed by atoms with E-state index in [2.05, 4.69) is 62.0 Å². The average Bonchev–Trinajstić information content (AvgIpc) is 3.60. The summed E-state index contributed by atoms with van der Waals surface area (Å²) in [5.74, 6) is 1.66. The highest BCUT2D eigenvalue weighted by molar-refractivity contribution is 7.91. The van der Waals surface area contributed by atoms with Crippen molar-refractivity contribution in [3.05, 3.63) is 47.2 Å². The molecule has 9 atom stereocenters. The van der Waals surface area contributed by atoms with E-state index in [9.17, 15) is 31.5 Å². The van der Waals surface area contributed by atoms with E-state index in [1.807, 2.05) is 0 Å². The molecule has 6 aliphatic carbocycles. The smallest absolute Gasteiger partial charge is 0.421 e. The van der Waals surface area contributed by atoms with Crippen molar-refractivity contribution in [2.75, 3.05) is 44.3 Å². The summed E-state index contributed by atoms with van der Waals surface area (Å²) in [5, 5.41) is 14.6. The fourth-order valence-corrected chi connectivity index (χ4v) is 16.5. The zero-order chi connectivity index (χ0) is 42.3. The van der Waals surface area contributed by atoms with Gasteiger partial charge in [0.15, 0.2) is 9.84 Å². The molecule has 0 radical (unpaired) electrons. The normalized spacial score (nSPS) is 40.4. The topological polar surface area (TPSA) is 109 Å². The molecule has 0 aromatic carbocycles. The quantitative estimate of drug-likeness (QED) is 0.240. The van der Waals surface area contributed by atoms with E-state index < -0.39 is 38.8 Å². The Hall–Kier alpha value is -2.44. The molecule has 6 unspecified atom stereocenters. The lowest BCUT2D eigenvalue weighted by molar-refractivity contribution is -0.218. The summed E-state index contributed by atoms with van der Waals surface area (Å²) in [5.41, 5.74) is 1.37. The first-order valence-corrected chi connectivity index (χ1v) is 24.5. The molecule has 1 saturated heterocycles. The first-order valence-electron chi connectivity index (χ1n) is 22.7. The van der Waals surface area contributed by atoms with Gasteiger partial charge in [-0.25, -0.2) is 13.4 Å². The minimum atomic E-state index is -4.61. The third kappa shape index (κ3) is 7.22. The number of halogens is 3. The summed E-state index contributed by atoms with van der Waals surface area (Å²) in [7, 11) is -2.87. The molecule has 1 aliphatic heterocycles. The number of alkyl halides is 3. The number of carbonyl (C=O) groups is 1. The van der Waals surface area contributed by atoms with E-state index in [-0.39, 0.29) is 51.7 Å². The molecule has 0 amide bonds. The molecule has 2 N–H and O–H groups in total. The summed E-state index contributed by atoms with van der Waals surface area (Å²) in [6, 6.07) is 2.15. The number of pyridine rings is 1. The maximum atomic E-state index is 13.5. The first kappa shape index (κ1) is 43.2. The van der Waals surface area contributed by atoms with Gasteiger partial charge < -0.3 is 20.1 Å². The number of carboxylic acids is 1. The predicted octanol–water partition coefficient (Wildman–Crippen LogP) is 9.51. The highest BCUT2D eigenvalue weighted by atomic mass is 32.2. The van der Waals surface area contributed by atoms with Crippen LogP contribution in [-0.4, -0.2) is 79.2 Å². The molecule has 0 bridgehead atoms. The van der Waals surface area contributed by atoms with Gasteiger partial charge in [-0.3, -0.25) is 4.79 Å². The SMILES string of the molecule is CC1(C)C(C2=CCC(CCOc3ncccc3C(F)(F)F)(C(=O)O)CC2)=CCC2(C)C1CCC1(C)C2CCC2[C@H]3CCC[C@]3(NCCN3CCS(=O)(=O)CC3)CC[C@]21C. The monoisotopic (exact) mass is 843 g/mol. The number of hydrogen-bond donors (Lipinski definition) is 2. The highest BCUT2D eigenvalue weighted by Gasteiger charge is 2.69. The van der Waals surface area contributed by atoms with E-state index in [1.165, 1.54) is 81.2 Å². The Morgan fingerprint density at radius 3 is 2.39 bits per heavy atom. The number of allylic oxidation sites excluding steroid dienone is 4. The number of hydrogen-bond acceptors (Lipinski definition) is 7. The molecule has 7 aliphatic rings. The van der Waals surface area contributed by atoms with Crippen LogP contribution in [-0.2, 0) is 20.8 Å². The van der Waals surface area contributed by atoms with Crippen LogP contribution in [0.4, 0.5) is 13.2 Å². The molecule has 2 heterocycles. The molecular formula is C47H68F3N3O5S. The van der Waals surface area contributed by atoms with Gasteiger partial charge in [0.25, 0.3) is 0 Å². The third-order valence-corrected chi connectivity index (χ3v) is 20.2. The minimum Gasteiger partial charge on any atom is -0.481 e. The number of nitrogens with zero attached hydrogens (tertiary/aromatic N) is 2. The lowest BCUT2D eigenvalue weighted by Crippen LogP contribution is -2.67. The van der Waals surface area contributed by atoms with E-state index in [1.54, 1.807) is 0 Å². The average molecular weight is 844 g/mol. The molecule has 1 aromatic heterocycles. The second-order valence-electron chi connectivity index (χ2n) is 21.3. The van der Waals surface area contributed by atoms with Crippen molar-refractivity contribution in [1.82, 2.24) is 15.2 Å². The number of fused-ring (bicyclic) bond motifs is 7. The van der Waals surface area contributed by atoms with Crippen LogP contribution in [0, 0.1) is 50.7 Å². The molecular weight excluding hydrogens is 776 g/mol. The van der Waals surface area contributed by atoms with Crippen LogP contribution in [0.5, 0.6) is 5.88 Å². The maximum Gasteiger partial charge on any atom is 0.421 e. The van der Waals surface area contributed by atoms with Crippen LogP contribution in [0.3, 0.4) is 0 Å². The van der Waals surface area contributed by atoms with Gasteiger partial charge in [0.1, 0.15) is 5.56 Å². The number of nitrogens with one attached hydrogen (secondary N) is 1. The fraction of sp³-hybridized carbons (Fsp3) is 0.787. The first-order chi connectivity index (χ1) is 27.7. The summed E-state index contributed by atoms with van der Waals surface area (Å²) in [6.07, 6.45) is 15.1. The predicted molar refractivity (Wildman–Crippen MR) is 223 cm³/mol. The Kier molecular flexibility index (Phi) is 11.1. The molecule has 4 saturated carbocycles. The molecule has 1 aromatic rings. The Balaban J connectivity index is 0.954. The van der Waals surface area contributed by atoms with Gasteiger partial charge >= 0.3 is 12.1 Å². The summed E-state index contributed by atoms with van der Waals surface area (Å²) < 4.78 is 70.1. The van der Waals surface area contributed by atoms with E-state index in [0.717, 1.165) is 25.6 Å². The van der Waals surface area contributed by atoms with Gasteiger partial charge in [-0.05, 0) is 152 Å². The standard InChI is InChI=1S/C47H68F3N3O5S/c1-41(2)33(32-12-19-45(20-13-32,40(54)55)23-29-58-39-36(47(48,49)50)9-7-24-51-39)14-17-42(3)37(41)15-18-44(5)38(42)11-10-34-35-8-6-16-46(35,22-21-43(34,44)4)52-25-26-53-27-30-59(56,57)31-28-53/h7,9,12,14,24,34-35,37-38,52H,6,8,10-11,13,15-23,25-31H2,1-5H3,(H,54,55)/t34?,35-,37?,38?,42?,43-,44?,45?,46+/m1/s1. The second kappa shape index (κ2) is 15.1. The molecule has 12 heteroatoms. The Labute approximate surface area is 350 Å². The van der Waals surface area contributed by atoms with E-state index in [4.69, 9.17) is 4.74 Å². The number of carboxylic acid groups (broad SMARTS) is 1. The number of ether oxygens (including phenoxy) is 1. The van der Waals surface area contributed by atoms with Gasteiger partial charge in [0, 0.05) is 37.9 Å². The lowest BCUT2D eigenvalue weighted by Gasteiger charge is -2.72. The Morgan fingerprint density at radius 1 is 0.932 bits per heavy atom.